The Balaban J connectivity index is 2.01. The van der Waals surface area contributed by atoms with Crippen LogP contribution in [0.3, 0.4) is 0 Å². The SMILES string of the molecule is CC1CC(CN)(N2CCC(C)(C)CC2)CS1. The second kappa shape index (κ2) is 4.51. The van der Waals surface area contributed by atoms with Crippen molar-refractivity contribution in [2.24, 2.45) is 11.1 Å². The average Bonchev–Trinajstić information content (AvgIpc) is 2.61. The maximum Gasteiger partial charge on any atom is 0.0432 e. The third-order valence-electron chi connectivity index (χ3n) is 4.47. The van der Waals surface area contributed by atoms with Crippen molar-refractivity contribution in [3.05, 3.63) is 0 Å². The quantitative estimate of drug-likeness (QED) is 0.806. The largest absolute Gasteiger partial charge is 0.329 e. The third-order valence-corrected chi connectivity index (χ3v) is 5.91. The molecule has 94 valence electrons. The highest BCUT2D eigenvalue weighted by Gasteiger charge is 2.43. The Morgan fingerprint density at radius 1 is 1.31 bits per heavy atom. The molecule has 2 atom stereocenters. The van der Waals surface area contributed by atoms with Crippen LogP contribution in [0.4, 0.5) is 0 Å². The summed E-state index contributed by atoms with van der Waals surface area (Å²) in [6.45, 7) is 10.5. The van der Waals surface area contributed by atoms with Crippen molar-refractivity contribution in [2.75, 3.05) is 25.4 Å². The highest BCUT2D eigenvalue weighted by atomic mass is 32.2. The van der Waals surface area contributed by atoms with Gasteiger partial charge in [-0.25, -0.2) is 0 Å². The van der Waals surface area contributed by atoms with Crippen molar-refractivity contribution in [1.29, 1.82) is 0 Å². The molecule has 2 nitrogen and oxygen atoms in total. The maximum atomic E-state index is 6.07. The van der Waals surface area contributed by atoms with Crippen molar-refractivity contribution in [3.63, 3.8) is 0 Å². The molecule has 0 aromatic rings. The molecule has 2 heterocycles. The molecule has 2 unspecified atom stereocenters. The first-order valence-electron chi connectivity index (χ1n) is 6.54. The molecule has 2 rings (SSSR count). The van der Waals surface area contributed by atoms with Gasteiger partial charge in [-0.15, -0.1) is 0 Å². The fraction of sp³-hybridized carbons (Fsp3) is 1.00. The van der Waals surface area contributed by atoms with E-state index in [4.69, 9.17) is 5.73 Å². The zero-order chi connectivity index (χ0) is 11.8. The fourth-order valence-corrected chi connectivity index (χ4v) is 4.47. The summed E-state index contributed by atoms with van der Waals surface area (Å²) in [7, 11) is 0. The minimum Gasteiger partial charge on any atom is -0.329 e. The Bertz CT molecular complexity index is 244. The molecule has 2 saturated heterocycles. The van der Waals surface area contributed by atoms with Gasteiger partial charge in [-0.2, -0.15) is 11.8 Å². The van der Waals surface area contributed by atoms with Crippen molar-refractivity contribution < 1.29 is 0 Å². The molecule has 3 heteroatoms. The normalized spacial score (nSPS) is 40.1. The summed E-state index contributed by atoms with van der Waals surface area (Å²) in [5.41, 5.74) is 6.94. The van der Waals surface area contributed by atoms with Gasteiger partial charge in [0, 0.05) is 23.1 Å². The van der Waals surface area contributed by atoms with Crippen LogP contribution in [0.15, 0.2) is 0 Å². The maximum absolute atomic E-state index is 6.07. The Labute approximate surface area is 104 Å². The van der Waals surface area contributed by atoms with Gasteiger partial charge >= 0.3 is 0 Å². The molecule has 2 N–H and O–H groups in total. The van der Waals surface area contributed by atoms with Crippen LogP contribution in [0.2, 0.25) is 0 Å². The molecule has 16 heavy (non-hydrogen) atoms. The molecular weight excluding hydrogens is 216 g/mol. The van der Waals surface area contributed by atoms with E-state index in [2.05, 4.69) is 37.4 Å². The van der Waals surface area contributed by atoms with Gasteiger partial charge < -0.3 is 5.73 Å². The molecule has 2 aliphatic heterocycles. The van der Waals surface area contributed by atoms with Gasteiger partial charge in [-0.3, -0.25) is 4.90 Å². The predicted octanol–water partition coefficient (Wildman–Crippen LogP) is 2.33. The van der Waals surface area contributed by atoms with Gasteiger partial charge in [-0.1, -0.05) is 20.8 Å². The zero-order valence-electron chi connectivity index (χ0n) is 11.0. The number of thioether (sulfide) groups is 1. The van der Waals surface area contributed by atoms with Gasteiger partial charge in [0.15, 0.2) is 0 Å². The summed E-state index contributed by atoms with van der Waals surface area (Å²) in [4.78, 5) is 2.69. The molecule has 0 amide bonds. The lowest BCUT2D eigenvalue weighted by Gasteiger charge is -2.46. The molecule has 0 aromatic heterocycles. The molecule has 2 aliphatic rings. The number of hydrogen-bond acceptors (Lipinski definition) is 3. The number of nitrogens with zero attached hydrogens (tertiary/aromatic N) is 1. The van der Waals surface area contributed by atoms with Crippen molar-refractivity contribution in [3.8, 4) is 0 Å². The Kier molecular flexibility index (Phi) is 3.58. The third kappa shape index (κ3) is 2.41. The van der Waals surface area contributed by atoms with Crippen LogP contribution >= 0.6 is 11.8 Å². The van der Waals surface area contributed by atoms with E-state index in [0.29, 0.717) is 11.0 Å². The highest BCUT2D eigenvalue weighted by molar-refractivity contribution is 8.00. The topological polar surface area (TPSA) is 29.3 Å². The van der Waals surface area contributed by atoms with E-state index in [0.717, 1.165) is 11.8 Å². The summed E-state index contributed by atoms with van der Waals surface area (Å²) in [5.74, 6) is 1.24. The number of piperidine rings is 1. The van der Waals surface area contributed by atoms with Crippen LogP contribution in [-0.2, 0) is 0 Å². The van der Waals surface area contributed by atoms with Gasteiger partial charge in [0.2, 0.25) is 0 Å². The van der Waals surface area contributed by atoms with Crippen LogP contribution in [0.1, 0.15) is 40.0 Å². The summed E-state index contributed by atoms with van der Waals surface area (Å²) < 4.78 is 0. The number of hydrogen-bond donors (Lipinski definition) is 1. The Hall–Kier alpha value is 0.270. The molecular formula is C13H26N2S. The lowest BCUT2D eigenvalue weighted by molar-refractivity contribution is 0.0449. The van der Waals surface area contributed by atoms with E-state index in [1.54, 1.807) is 0 Å². The van der Waals surface area contributed by atoms with Crippen LogP contribution < -0.4 is 5.73 Å². The predicted molar refractivity (Wildman–Crippen MR) is 72.9 cm³/mol. The lowest BCUT2D eigenvalue weighted by atomic mass is 9.80. The fourth-order valence-electron chi connectivity index (χ4n) is 3.03. The second-order valence-corrected chi connectivity index (χ2v) is 7.83. The van der Waals surface area contributed by atoms with Crippen molar-refractivity contribution in [1.82, 2.24) is 4.90 Å². The Morgan fingerprint density at radius 2 is 1.94 bits per heavy atom. The van der Waals surface area contributed by atoms with Crippen LogP contribution in [0.25, 0.3) is 0 Å². The van der Waals surface area contributed by atoms with Crippen molar-refractivity contribution >= 4 is 11.8 Å². The summed E-state index contributed by atoms with van der Waals surface area (Å²) >= 11 is 2.10. The second-order valence-electron chi connectivity index (χ2n) is 6.41. The van der Waals surface area contributed by atoms with Gasteiger partial charge in [-0.05, 0) is 37.8 Å². The smallest absolute Gasteiger partial charge is 0.0432 e. The van der Waals surface area contributed by atoms with E-state index >= 15 is 0 Å². The standard InChI is InChI=1S/C13H26N2S/c1-11-8-13(9-14,10-16-11)15-6-4-12(2,3)5-7-15/h11H,4-10,14H2,1-3H3. The van der Waals surface area contributed by atoms with Gasteiger partial charge in [0.05, 0.1) is 0 Å². The number of likely N-dealkylation sites (tertiary alicyclic amines) is 1. The first-order valence-corrected chi connectivity index (χ1v) is 7.59. The average molecular weight is 242 g/mol. The molecule has 0 aliphatic carbocycles. The van der Waals surface area contributed by atoms with Crippen LogP contribution in [-0.4, -0.2) is 41.1 Å². The first-order chi connectivity index (χ1) is 7.47. The minimum atomic E-state index is 0.320. The van der Waals surface area contributed by atoms with E-state index < -0.39 is 0 Å². The number of nitrogens with two attached hydrogens (primary N) is 1. The van der Waals surface area contributed by atoms with E-state index in [9.17, 15) is 0 Å². The number of rotatable bonds is 2. The molecule has 0 aromatic carbocycles. The van der Waals surface area contributed by atoms with E-state index in [1.165, 1.54) is 38.1 Å². The Morgan fingerprint density at radius 3 is 2.38 bits per heavy atom. The molecule has 0 bridgehead atoms. The molecule has 2 fully saturated rings. The molecule has 0 radical (unpaired) electrons. The molecule has 0 saturated carbocycles. The van der Waals surface area contributed by atoms with E-state index in [1.807, 2.05) is 0 Å². The highest BCUT2D eigenvalue weighted by Crippen LogP contribution is 2.41. The monoisotopic (exact) mass is 242 g/mol. The summed E-state index contributed by atoms with van der Waals surface area (Å²) in [6.07, 6.45) is 3.94. The summed E-state index contributed by atoms with van der Waals surface area (Å²) in [6, 6.07) is 0. The van der Waals surface area contributed by atoms with Crippen LogP contribution in [0.5, 0.6) is 0 Å². The minimum absolute atomic E-state index is 0.320. The van der Waals surface area contributed by atoms with Gasteiger partial charge in [0.25, 0.3) is 0 Å². The lowest BCUT2D eigenvalue weighted by Crippen LogP contribution is -2.57. The zero-order valence-corrected chi connectivity index (χ0v) is 11.8. The van der Waals surface area contributed by atoms with E-state index in [-0.39, 0.29) is 0 Å². The van der Waals surface area contributed by atoms with Crippen molar-refractivity contribution in [2.45, 2.75) is 50.8 Å². The first kappa shape index (κ1) is 12.7. The molecule has 0 spiro atoms. The van der Waals surface area contributed by atoms with Gasteiger partial charge in [0.1, 0.15) is 0 Å². The summed E-state index contributed by atoms with van der Waals surface area (Å²) in [5, 5.41) is 0.790. The van der Waals surface area contributed by atoms with Crippen LogP contribution in [0, 0.1) is 5.41 Å².